The van der Waals surface area contributed by atoms with Gasteiger partial charge in [0.15, 0.2) is 5.82 Å². The number of fused-ring (bicyclic) bond motifs is 1. The first-order valence-electron chi connectivity index (χ1n) is 8.76. The number of nitrogens with zero attached hydrogens (tertiary/aromatic N) is 4. The number of aromatic nitrogens is 3. The topological polar surface area (TPSA) is 84.5 Å². The van der Waals surface area contributed by atoms with Crippen LogP contribution in [0, 0.1) is 5.92 Å². The highest BCUT2D eigenvalue weighted by molar-refractivity contribution is 5.81. The Morgan fingerprint density at radius 1 is 1.27 bits per heavy atom. The predicted octanol–water partition coefficient (Wildman–Crippen LogP) is 1.80. The van der Waals surface area contributed by atoms with Crippen LogP contribution in [0.25, 0.3) is 10.9 Å². The Hall–Kier alpha value is -2.35. The molecule has 2 atom stereocenters. The normalized spacial score (nSPS) is 20.8. The van der Waals surface area contributed by atoms with Crippen LogP contribution in [-0.2, 0) is 24.3 Å². The molecular weight excluding hydrogens is 332 g/mol. The number of β-amino-alcohol motifs (C(OH)–C–C–N with tert-alkyl or cyclic N) is 1. The summed E-state index contributed by atoms with van der Waals surface area (Å²) in [6, 6.07) is 10.2. The minimum absolute atomic E-state index is 0.169. The van der Waals surface area contributed by atoms with Crippen molar-refractivity contribution in [3.63, 3.8) is 0 Å². The van der Waals surface area contributed by atoms with Crippen LogP contribution in [0.5, 0.6) is 0 Å². The molecule has 0 bridgehead atoms. The second-order valence-corrected chi connectivity index (χ2v) is 6.75. The molecule has 0 saturated carbocycles. The zero-order chi connectivity index (χ0) is 17.9. The van der Waals surface area contributed by atoms with E-state index in [4.69, 9.17) is 9.26 Å². The Morgan fingerprint density at radius 3 is 3.04 bits per heavy atom. The van der Waals surface area contributed by atoms with Gasteiger partial charge in [-0.2, -0.15) is 4.98 Å². The molecule has 0 aliphatic carbocycles. The summed E-state index contributed by atoms with van der Waals surface area (Å²) in [4.78, 5) is 10.9. The lowest BCUT2D eigenvalue weighted by Crippen LogP contribution is -2.21. The number of hydrogen-bond acceptors (Lipinski definition) is 7. The Labute approximate surface area is 151 Å². The number of rotatable bonds is 6. The molecule has 0 radical (unpaired) electrons. The van der Waals surface area contributed by atoms with Gasteiger partial charge >= 0.3 is 0 Å². The van der Waals surface area contributed by atoms with E-state index >= 15 is 0 Å². The van der Waals surface area contributed by atoms with E-state index in [9.17, 15) is 5.11 Å². The van der Waals surface area contributed by atoms with Gasteiger partial charge in [-0.25, -0.2) is 0 Å². The van der Waals surface area contributed by atoms with Crippen LogP contribution < -0.4 is 0 Å². The molecule has 7 heteroatoms. The summed E-state index contributed by atoms with van der Waals surface area (Å²) < 4.78 is 10.3. The van der Waals surface area contributed by atoms with Gasteiger partial charge in [-0.15, -0.1) is 0 Å². The highest BCUT2D eigenvalue weighted by Crippen LogP contribution is 2.26. The smallest absolute Gasteiger partial charge is 0.240 e. The van der Waals surface area contributed by atoms with Gasteiger partial charge in [0.25, 0.3) is 0 Å². The maximum absolute atomic E-state index is 10.5. The molecule has 3 aromatic rings. The summed E-state index contributed by atoms with van der Waals surface area (Å²) >= 11 is 0. The number of pyridine rings is 1. The number of methoxy groups -OCH3 is 1. The molecule has 0 amide bonds. The van der Waals surface area contributed by atoms with Crippen molar-refractivity contribution >= 4 is 10.9 Å². The van der Waals surface area contributed by atoms with Crippen LogP contribution in [0.15, 0.2) is 41.1 Å². The van der Waals surface area contributed by atoms with Crippen molar-refractivity contribution in [3.8, 4) is 0 Å². The van der Waals surface area contributed by atoms with E-state index in [0.717, 1.165) is 23.9 Å². The molecule has 2 aromatic heterocycles. The standard InChI is InChI=1S/C19H22N4O3/c1-25-12-18-21-19(26-22-18)11-23-9-14(17(24)10-23)8-13-6-7-20-16-5-3-2-4-15(13)16/h2-7,14,17,24H,8-12H2,1H3. The third-order valence-electron chi connectivity index (χ3n) is 4.85. The minimum Gasteiger partial charge on any atom is -0.391 e. The van der Waals surface area contributed by atoms with Crippen molar-refractivity contribution in [3.05, 3.63) is 53.8 Å². The van der Waals surface area contributed by atoms with Crippen LogP contribution in [0.2, 0.25) is 0 Å². The zero-order valence-corrected chi connectivity index (χ0v) is 14.7. The molecule has 4 rings (SSSR count). The number of aliphatic hydroxyl groups excluding tert-OH is 1. The minimum atomic E-state index is -0.372. The lowest BCUT2D eigenvalue weighted by atomic mass is 9.94. The van der Waals surface area contributed by atoms with Crippen LogP contribution in [0.3, 0.4) is 0 Å². The molecule has 2 unspecified atom stereocenters. The molecule has 1 fully saturated rings. The van der Waals surface area contributed by atoms with Gasteiger partial charge in [-0.3, -0.25) is 9.88 Å². The monoisotopic (exact) mass is 354 g/mol. The average Bonchev–Trinajstić information content (AvgIpc) is 3.22. The summed E-state index contributed by atoms with van der Waals surface area (Å²) in [6.07, 6.45) is 2.29. The quantitative estimate of drug-likeness (QED) is 0.722. The molecule has 0 spiro atoms. The first-order chi connectivity index (χ1) is 12.7. The Kier molecular flexibility index (Phi) is 4.92. The highest BCUT2D eigenvalue weighted by Gasteiger charge is 2.32. The fraction of sp³-hybridized carbons (Fsp3) is 0.421. The second-order valence-electron chi connectivity index (χ2n) is 6.75. The molecule has 1 saturated heterocycles. The number of hydrogen-bond donors (Lipinski definition) is 1. The van der Waals surface area contributed by atoms with Gasteiger partial charge in [-0.05, 0) is 24.1 Å². The molecule has 1 N–H and O–H groups in total. The van der Waals surface area contributed by atoms with E-state index < -0.39 is 0 Å². The first kappa shape index (κ1) is 17.1. The van der Waals surface area contributed by atoms with E-state index in [1.54, 1.807) is 7.11 Å². The molecular formula is C19H22N4O3. The highest BCUT2D eigenvalue weighted by atomic mass is 16.5. The van der Waals surface area contributed by atoms with Crippen molar-refractivity contribution in [1.29, 1.82) is 0 Å². The predicted molar refractivity (Wildman–Crippen MR) is 95.2 cm³/mol. The number of benzene rings is 1. The molecule has 26 heavy (non-hydrogen) atoms. The van der Waals surface area contributed by atoms with Crippen molar-refractivity contribution in [2.24, 2.45) is 5.92 Å². The van der Waals surface area contributed by atoms with E-state index in [2.05, 4.69) is 26.1 Å². The van der Waals surface area contributed by atoms with E-state index in [1.165, 1.54) is 5.56 Å². The lowest BCUT2D eigenvalue weighted by molar-refractivity contribution is 0.139. The Bertz CT molecular complexity index is 877. The van der Waals surface area contributed by atoms with Gasteiger partial charge < -0.3 is 14.4 Å². The van der Waals surface area contributed by atoms with Crippen LogP contribution in [-0.4, -0.2) is 51.4 Å². The van der Waals surface area contributed by atoms with E-state index in [0.29, 0.717) is 31.4 Å². The van der Waals surface area contributed by atoms with Crippen molar-refractivity contribution < 1.29 is 14.4 Å². The summed E-state index contributed by atoms with van der Waals surface area (Å²) in [5.74, 6) is 1.27. The van der Waals surface area contributed by atoms with Gasteiger partial charge in [0.1, 0.15) is 6.61 Å². The summed E-state index contributed by atoms with van der Waals surface area (Å²) in [6.45, 7) is 2.28. The van der Waals surface area contributed by atoms with Crippen molar-refractivity contribution in [1.82, 2.24) is 20.0 Å². The molecule has 1 aliphatic heterocycles. The largest absolute Gasteiger partial charge is 0.391 e. The van der Waals surface area contributed by atoms with Crippen LogP contribution in [0.1, 0.15) is 17.3 Å². The number of ether oxygens (including phenoxy) is 1. The average molecular weight is 354 g/mol. The maximum atomic E-state index is 10.5. The van der Waals surface area contributed by atoms with Crippen LogP contribution >= 0.6 is 0 Å². The van der Waals surface area contributed by atoms with Gasteiger partial charge in [0.2, 0.25) is 5.89 Å². The molecule has 3 heterocycles. The van der Waals surface area contributed by atoms with E-state index in [1.807, 2.05) is 30.5 Å². The van der Waals surface area contributed by atoms with Gasteiger partial charge in [0.05, 0.1) is 18.2 Å². The summed E-state index contributed by atoms with van der Waals surface area (Å²) in [5.41, 5.74) is 2.22. The van der Waals surface area contributed by atoms with Crippen LogP contribution in [0.4, 0.5) is 0 Å². The van der Waals surface area contributed by atoms with Crippen molar-refractivity contribution in [2.45, 2.75) is 25.7 Å². The Morgan fingerprint density at radius 2 is 2.15 bits per heavy atom. The molecule has 1 aliphatic rings. The zero-order valence-electron chi connectivity index (χ0n) is 14.7. The van der Waals surface area contributed by atoms with Gasteiger partial charge in [0, 0.05) is 37.7 Å². The lowest BCUT2D eigenvalue weighted by Gasteiger charge is -2.15. The second kappa shape index (κ2) is 7.49. The fourth-order valence-corrected chi connectivity index (χ4v) is 3.62. The fourth-order valence-electron chi connectivity index (χ4n) is 3.62. The molecule has 136 valence electrons. The Balaban J connectivity index is 1.43. The number of likely N-dealkylation sites (tertiary alicyclic amines) is 1. The van der Waals surface area contributed by atoms with Gasteiger partial charge in [-0.1, -0.05) is 23.4 Å². The molecule has 7 nitrogen and oxygen atoms in total. The number of para-hydroxylation sites is 1. The number of aliphatic hydroxyl groups is 1. The molecule has 1 aromatic carbocycles. The first-order valence-corrected chi connectivity index (χ1v) is 8.76. The maximum Gasteiger partial charge on any atom is 0.240 e. The van der Waals surface area contributed by atoms with E-state index in [-0.39, 0.29) is 12.0 Å². The summed E-state index contributed by atoms with van der Waals surface area (Å²) in [5, 5.41) is 15.6. The SMILES string of the molecule is COCc1noc(CN2CC(O)C(Cc3ccnc4ccccc34)C2)n1. The van der Waals surface area contributed by atoms with Crippen molar-refractivity contribution in [2.75, 3.05) is 20.2 Å². The summed E-state index contributed by atoms with van der Waals surface area (Å²) in [7, 11) is 1.60. The third-order valence-corrected chi connectivity index (χ3v) is 4.85. The third kappa shape index (κ3) is 3.60.